The second-order valence-electron chi connectivity index (χ2n) is 6.16. The highest BCUT2D eigenvalue weighted by Crippen LogP contribution is 2.21. The van der Waals surface area contributed by atoms with E-state index in [9.17, 15) is 0 Å². The smallest absolute Gasteiger partial charge is 0.0749 e. The monoisotopic (exact) mass is 290 g/mol. The number of likely N-dealkylation sites (N-methyl/N-ethyl adjacent to an activating group) is 1. The lowest BCUT2D eigenvalue weighted by Gasteiger charge is -2.29. The number of hydrogen-bond acceptors (Lipinski definition) is 3. The minimum atomic E-state index is 0.398. The molecule has 1 aliphatic rings. The molecule has 1 heterocycles. The summed E-state index contributed by atoms with van der Waals surface area (Å²) in [6.45, 7) is 8.38. The van der Waals surface area contributed by atoms with E-state index >= 15 is 0 Å². The van der Waals surface area contributed by atoms with Crippen molar-refractivity contribution in [3.05, 3.63) is 29.3 Å². The first kappa shape index (κ1) is 16.3. The fourth-order valence-corrected chi connectivity index (χ4v) is 2.88. The first-order chi connectivity index (χ1) is 10.2. The van der Waals surface area contributed by atoms with Crippen LogP contribution in [0.4, 0.5) is 5.69 Å². The molecule has 0 aliphatic carbocycles. The molecule has 1 aliphatic heterocycles. The predicted octanol–water partition coefficient (Wildman–Crippen LogP) is 3.50. The van der Waals surface area contributed by atoms with Crippen LogP contribution in [0.15, 0.2) is 18.2 Å². The average Bonchev–Trinajstić information content (AvgIpc) is 2.50. The summed E-state index contributed by atoms with van der Waals surface area (Å²) in [5.41, 5.74) is 4.06. The number of nitrogens with one attached hydrogen (secondary N) is 1. The number of anilines is 1. The number of benzene rings is 1. The SMILES string of the molecule is CCCNCc1ccc(N(C)CC2CCCCO2)cc1C. The zero-order valence-electron chi connectivity index (χ0n) is 13.8. The lowest BCUT2D eigenvalue weighted by molar-refractivity contribution is 0.0216. The summed E-state index contributed by atoms with van der Waals surface area (Å²) in [5.74, 6) is 0. The van der Waals surface area contributed by atoms with Gasteiger partial charge in [0, 0.05) is 32.4 Å². The Morgan fingerprint density at radius 1 is 1.33 bits per heavy atom. The fourth-order valence-electron chi connectivity index (χ4n) is 2.88. The van der Waals surface area contributed by atoms with Gasteiger partial charge in [-0.2, -0.15) is 0 Å². The molecule has 0 saturated carbocycles. The molecule has 1 unspecified atom stereocenters. The van der Waals surface area contributed by atoms with Crippen molar-refractivity contribution in [1.82, 2.24) is 5.32 Å². The Morgan fingerprint density at radius 3 is 2.86 bits per heavy atom. The third kappa shape index (κ3) is 5.01. The van der Waals surface area contributed by atoms with Crippen molar-refractivity contribution in [3.63, 3.8) is 0 Å². The van der Waals surface area contributed by atoms with Crippen molar-refractivity contribution < 1.29 is 4.74 Å². The molecule has 3 nitrogen and oxygen atoms in total. The minimum Gasteiger partial charge on any atom is -0.376 e. The van der Waals surface area contributed by atoms with Gasteiger partial charge in [-0.1, -0.05) is 13.0 Å². The van der Waals surface area contributed by atoms with Gasteiger partial charge in [0.2, 0.25) is 0 Å². The van der Waals surface area contributed by atoms with Crippen LogP contribution in [0.2, 0.25) is 0 Å². The van der Waals surface area contributed by atoms with Crippen LogP contribution in [0, 0.1) is 6.92 Å². The molecule has 1 fully saturated rings. The van der Waals surface area contributed by atoms with Crippen LogP contribution in [-0.2, 0) is 11.3 Å². The summed E-state index contributed by atoms with van der Waals surface area (Å²) in [6, 6.07) is 6.79. The zero-order chi connectivity index (χ0) is 15.1. The molecule has 3 heteroatoms. The standard InChI is InChI=1S/C18H30N2O/c1-4-10-19-13-16-8-9-17(12-15(16)2)20(3)14-18-7-5-6-11-21-18/h8-9,12,18-19H,4-7,10-11,13-14H2,1-3H3. The van der Waals surface area contributed by atoms with Gasteiger partial charge in [-0.15, -0.1) is 0 Å². The molecule has 1 aromatic rings. The van der Waals surface area contributed by atoms with E-state index in [1.54, 1.807) is 0 Å². The molecule has 0 amide bonds. The van der Waals surface area contributed by atoms with E-state index in [1.165, 1.54) is 42.5 Å². The van der Waals surface area contributed by atoms with Crippen molar-refractivity contribution in [2.45, 2.75) is 52.2 Å². The van der Waals surface area contributed by atoms with Crippen molar-refractivity contribution >= 4 is 5.69 Å². The van der Waals surface area contributed by atoms with Gasteiger partial charge in [-0.25, -0.2) is 0 Å². The number of rotatable bonds is 7. The van der Waals surface area contributed by atoms with Crippen LogP contribution in [0.3, 0.4) is 0 Å². The van der Waals surface area contributed by atoms with E-state index in [2.05, 4.69) is 49.3 Å². The number of hydrogen-bond donors (Lipinski definition) is 1. The normalized spacial score (nSPS) is 18.7. The summed E-state index contributed by atoms with van der Waals surface area (Å²) < 4.78 is 5.84. The van der Waals surface area contributed by atoms with E-state index in [-0.39, 0.29) is 0 Å². The summed E-state index contributed by atoms with van der Waals surface area (Å²) in [6.07, 6.45) is 5.30. The lowest BCUT2D eigenvalue weighted by Crippen LogP contribution is -2.33. The van der Waals surface area contributed by atoms with Gasteiger partial charge in [0.1, 0.15) is 0 Å². The molecule has 1 saturated heterocycles. The quantitative estimate of drug-likeness (QED) is 0.778. The van der Waals surface area contributed by atoms with E-state index in [4.69, 9.17) is 4.74 Å². The maximum Gasteiger partial charge on any atom is 0.0749 e. The topological polar surface area (TPSA) is 24.5 Å². The Balaban J connectivity index is 1.91. The zero-order valence-corrected chi connectivity index (χ0v) is 13.8. The molecule has 2 rings (SSSR count). The van der Waals surface area contributed by atoms with Crippen molar-refractivity contribution in [1.29, 1.82) is 0 Å². The highest BCUT2D eigenvalue weighted by atomic mass is 16.5. The highest BCUT2D eigenvalue weighted by Gasteiger charge is 2.16. The van der Waals surface area contributed by atoms with Gasteiger partial charge in [0.15, 0.2) is 0 Å². The van der Waals surface area contributed by atoms with Gasteiger partial charge < -0.3 is 15.0 Å². The van der Waals surface area contributed by atoms with Crippen LogP contribution in [0.25, 0.3) is 0 Å². The minimum absolute atomic E-state index is 0.398. The van der Waals surface area contributed by atoms with Gasteiger partial charge >= 0.3 is 0 Å². The Labute approximate surface area is 129 Å². The Morgan fingerprint density at radius 2 is 2.19 bits per heavy atom. The van der Waals surface area contributed by atoms with Crippen molar-refractivity contribution in [2.24, 2.45) is 0 Å². The second-order valence-corrected chi connectivity index (χ2v) is 6.16. The molecular formula is C18H30N2O. The van der Waals surface area contributed by atoms with Gasteiger partial charge in [0.05, 0.1) is 6.10 Å². The lowest BCUT2D eigenvalue weighted by atomic mass is 10.1. The van der Waals surface area contributed by atoms with Gasteiger partial charge in [-0.3, -0.25) is 0 Å². The van der Waals surface area contributed by atoms with Crippen molar-refractivity contribution in [3.8, 4) is 0 Å². The summed E-state index contributed by atoms with van der Waals surface area (Å²) in [7, 11) is 2.17. The van der Waals surface area contributed by atoms with Gasteiger partial charge in [-0.05, 0) is 62.4 Å². The Hall–Kier alpha value is -1.06. The third-order valence-electron chi connectivity index (χ3n) is 4.26. The summed E-state index contributed by atoms with van der Waals surface area (Å²) >= 11 is 0. The van der Waals surface area contributed by atoms with Crippen LogP contribution in [0.5, 0.6) is 0 Å². The molecule has 21 heavy (non-hydrogen) atoms. The van der Waals surface area contributed by atoms with E-state index in [1.807, 2.05) is 0 Å². The van der Waals surface area contributed by atoms with Crippen LogP contribution >= 0.6 is 0 Å². The van der Waals surface area contributed by atoms with Crippen molar-refractivity contribution in [2.75, 3.05) is 31.6 Å². The van der Waals surface area contributed by atoms with Crippen LogP contribution in [0.1, 0.15) is 43.7 Å². The maximum atomic E-state index is 5.84. The molecular weight excluding hydrogens is 260 g/mol. The number of ether oxygens (including phenoxy) is 1. The van der Waals surface area contributed by atoms with E-state index in [0.29, 0.717) is 6.10 Å². The number of nitrogens with zero attached hydrogens (tertiary/aromatic N) is 1. The molecule has 0 aromatic heterocycles. The first-order valence-corrected chi connectivity index (χ1v) is 8.33. The highest BCUT2D eigenvalue weighted by molar-refractivity contribution is 5.50. The third-order valence-corrected chi connectivity index (χ3v) is 4.26. The second kappa shape index (κ2) is 8.40. The van der Waals surface area contributed by atoms with E-state index in [0.717, 1.165) is 26.2 Å². The Kier molecular flexibility index (Phi) is 6.52. The average molecular weight is 290 g/mol. The first-order valence-electron chi connectivity index (χ1n) is 8.33. The predicted molar refractivity (Wildman–Crippen MR) is 90.0 cm³/mol. The molecule has 1 N–H and O–H groups in total. The fraction of sp³-hybridized carbons (Fsp3) is 0.667. The molecule has 0 spiro atoms. The van der Waals surface area contributed by atoms with Crippen LogP contribution < -0.4 is 10.2 Å². The maximum absolute atomic E-state index is 5.84. The molecule has 118 valence electrons. The molecule has 1 atom stereocenters. The Bertz CT molecular complexity index is 427. The number of aryl methyl sites for hydroxylation is 1. The largest absolute Gasteiger partial charge is 0.376 e. The van der Waals surface area contributed by atoms with E-state index < -0.39 is 0 Å². The molecule has 1 aromatic carbocycles. The summed E-state index contributed by atoms with van der Waals surface area (Å²) in [4.78, 5) is 2.33. The van der Waals surface area contributed by atoms with Gasteiger partial charge in [0.25, 0.3) is 0 Å². The van der Waals surface area contributed by atoms with Crippen LogP contribution in [-0.4, -0.2) is 32.8 Å². The summed E-state index contributed by atoms with van der Waals surface area (Å²) in [5, 5.41) is 3.47. The molecule has 0 bridgehead atoms. The molecule has 0 radical (unpaired) electrons.